The van der Waals surface area contributed by atoms with Gasteiger partial charge in [0.2, 0.25) is 10.0 Å². The van der Waals surface area contributed by atoms with Crippen LogP contribution in [0.2, 0.25) is 0 Å². The number of anilines is 1. The Morgan fingerprint density at radius 2 is 1.69 bits per heavy atom. The van der Waals surface area contributed by atoms with Crippen LogP contribution in [0.3, 0.4) is 0 Å². The van der Waals surface area contributed by atoms with Crippen LogP contribution in [-0.4, -0.2) is 58.1 Å². The summed E-state index contributed by atoms with van der Waals surface area (Å²) >= 11 is 1.55. The van der Waals surface area contributed by atoms with Gasteiger partial charge in [-0.1, -0.05) is 6.07 Å². The van der Waals surface area contributed by atoms with E-state index in [2.05, 4.69) is 4.90 Å². The molecule has 1 aliphatic rings. The molecule has 1 fully saturated rings. The molecule has 0 bridgehead atoms. The van der Waals surface area contributed by atoms with Gasteiger partial charge in [0.05, 0.1) is 24.8 Å². The van der Waals surface area contributed by atoms with Gasteiger partial charge in [-0.25, -0.2) is 17.8 Å². The Kier molecular flexibility index (Phi) is 6.63. The second-order valence-electron chi connectivity index (χ2n) is 7.33. The summed E-state index contributed by atoms with van der Waals surface area (Å²) in [6.07, 6.45) is 0.662. The van der Waals surface area contributed by atoms with Crippen molar-refractivity contribution in [3.05, 3.63) is 64.9 Å². The smallest absolute Gasteiger partial charge is 0.243 e. The molecule has 2 aromatic carbocycles. The predicted octanol–water partition coefficient (Wildman–Crippen LogP) is 3.40. The quantitative estimate of drug-likeness (QED) is 0.520. The fraction of sp³-hybridized carbons (Fsp3) is 0.318. The van der Waals surface area contributed by atoms with Crippen molar-refractivity contribution in [1.82, 2.24) is 9.29 Å². The van der Waals surface area contributed by atoms with Crippen LogP contribution in [0.5, 0.6) is 11.5 Å². The first-order valence-electron chi connectivity index (χ1n) is 10.1. The number of nitrogens with zero attached hydrogens (tertiary/aromatic N) is 3. The number of benzene rings is 2. The first-order chi connectivity index (χ1) is 15.4. The van der Waals surface area contributed by atoms with Crippen molar-refractivity contribution in [2.45, 2.75) is 11.3 Å². The molecule has 0 saturated carbocycles. The topological polar surface area (TPSA) is 72.0 Å². The fourth-order valence-corrected chi connectivity index (χ4v) is 5.90. The lowest BCUT2D eigenvalue weighted by Gasteiger charge is -2.33. The molecule has 0 N–H and O–H groups in total. The molecule has 0 unspecified atom stereocenters. The number of piperazine rings is 1. The highest BCUT2D eigenvalue weighted by atomic mass is 32.2. The predicted molar refractivity (Wildman–Crippen MR) is 122 cm³/mol. The molecule has 1 aliphatic heterocycles. The van der Waals surface area contributed by atoms with E-state index >= 15 is 0 Å². The molecule has 170 valence electrons. The molecule has 4 rings (SSSR count). The van der Waals surface area contributed by atoms with Gasteiger partial charge in [-0.2, -0.15) is 4.31 Å². The lowest BCUT2D eigenvalue weighted by Crippen LogP contribution is -2.48. The van der Waals surface area contributed by atoms with Gasteiger partial charge in [0.1, 0.15) is 5.82 Å². The van der Waals surface area contributed by atoms with Crippen LogP contribution in [0.15, 0.2) is 52.7 Å². The number of thiazole rings is 1. The van der Waals surface area contributed by atoms with Crippen LogP contribution in [0.1, 0.15) is 11.3 Å². The summed E-state index contributed by atoms with van der Waals surface area (Å²) in [5.41, 5.74) is 2.01. The van der Waals surface area contributed by atoms with Crippen molar-refractivity contribution in [2.24, 2.45) is 0 Å². The minimum atomic E-state index is -3.63. The second kappa shape index (κ2) is 9.43. The Morgan fingerprint density at radius 3 is 2.34 bits per heavy atom. The van der Waals surface area contributed by atoms with E-state index in [1.807, 2.05) is 23.6 Å². The van der Waals surface area contributed by atoms with E-state index in [1.54, 1.807) is 25.6 Å². The summed E-state index contributed by atoms with van der Waals surface area (Å²) in [6.45, 7) is 1.79. The molecule has 3 aromatic rings. The van der Waals surface area contributed by atoms with Crippen LogP contribution in [0.4, 0.5) is 9.52 Å². The summed E-state index contributed by atoms with van der Waals surface area (Å²) in [5, 5.41) is 2.90. The molecular weight excluding hydrogens is 453 g/mol. The normalized spacial score (nSPS) is 15.0. The average molecular weight is 478 g/mol. The molecule has 2 heterocycles. The van der Waals surface area contributed by atoms with E-state index in [-0.39, 0.29) is 4.90 Å². The van der Waals surface area contributed by atoms with Gasteiger partial charge in [-0.3, -0.25) is 0 Å². The molecule has 0 spiro atoms. The maximum absolute atomic E-state index is 13.1. The number of hydrogen-bond acceptors (Lipinski definition) is 7. The average Bonchev–Trinajstić information content (AvgIpc) is 3.28. The SMILES string of the molecule is COc1ccc(Cc2csc(N3CCN(S(=O)(=O)c4ccc(F)cc4)CC3)n2)cc1OC. The van der Waals surface area contributed by atoms with Crippen LogP contribution in [0.25, 0.3) is 0 Å². The first kappa shape index (κ1) is 22.5. The number of sulfonamides is 1. The van der Waals surface area contributed by atoms with Gasteiger partial charge >= 0.3 is 0 Å². The third kappa shape index (κ3) is 4.72. The zero-order chi connectivity index (χ0) is 22.7. The van der Waals surface area contributed by atoms with E-state index < -0.39 is 15.8 Å². The lowest BCUT2D eigenvalue weighted by molar-refractivity contribution is 0.354. The zero-order valence-electron chi connectivity index (χ0n) is 17.8. The molecule has 10 heteroatoms. The third-order valence-electron chi connectivity index (χ3n) is 5.33. The standard InChI is InChI=1S/C22H24FN3O4S2/c1-29-20-8-3-16(14-21(20)30-2)13-18-15-31-22(24-18)25-9-11-26(12-10-25)32(27,28)19-6-4-17(23)5-7-19/h3-8,14-15H,9-13H2,1-2H3. The molecule has 0 aliphatic carbocycles. The highest BCUT2D eigenvalue weighted by Crippen LogP contribution is 2.30. The minimum Gasteiger partial charge on any atom is -0.493 e. The molecule has 0 atom stereocenters. The highest BCUT2D eigenvalue weighted by molar-refractivity contribution is 7.89. The molecule has 0 amide bonds. The van der Waals surface area contributed by atoms with Gasteiger partial charge in [-0.05, 0) is 42.0 Å². The minimum absolute atomic E-state index is 0.110. The van der Waals surface area contributed by atoms with Gasteiger partial charge in [-0.15, -0.1) is 11.3 Å². The summed E-state index contributed by atoms with van der Waals surface area (Å²) < 4.78 is 50.8. The van der Waals surface area contributed by atoms with Crippen molar-refractivity contribution in [2.75, 3.05) is 45.3 Å². The third-order valence-corrected chi connectivity index (χ3v) is 8.20. The van der Waals surface area contributed by atoms with Gasteiger partial charge < -0.3 is 14.4 Å². The molecule has 0 radical (unpaired) electrons. The van der Waals surface area contributed by atoms with Gasteiger partial charge in [0, 0.05) is 38.0 Å². The van der Waals surface area contributed by atoms with E-state index in [0.717, 1.165) is 16.4 Å². The number of ether oxygens (including phenoxy) is 2. The maximum Gasteiger partial charge on any atom is 0.243 e. The van der Waals surface area contributed by atoms with E-state index in [9.17, 15) is 12.8 Å². The highest BCUT2D eigenvalue weighted by Gasteiger charge is 2.29. The summed E-state index contributed by atoms with van der Waals surface area (Å²) in [4.78, 5) is 6.95. The molecule has 7 nitrogen and oxygen atoms in total. The van der Waals surface area contributed by atoms with Crippen molar-refractivity contribution in [1.29, 1.82) is 0 Å². The van der Waals surface area contributed by atoms with Crippen molar-refractivity contribution >= 4 is 26.5 Å². The Bertz CT molecular complexity index is 1170. The van der Waals surface area contributed by atoms with Crippen LogP contribution in [-0.2, 0) is 16.4 Å². The second-order valence-corrected chi connectivity index (χ2v) is 10.1. The molecule has 32 heavy (non-hydrogen) atoms. The Morgan fingerprint density at radius 1 is 1.00 bits per heavy atom. The number of halogens is 1. The summed E-state index contributed by atoms with van der Waals surface area (Å²) in [5.74, 6) is 0.907. The zero-order valence-corrected chi connectivity index (χ0v) is 19.5. The van der Waals surface area contributed by atoms with E-state index in [0.29, 0.717) is 44.1 Å². The first-order valence-corrected chi connectivity index (χ1v) is 12.4. The molecular formula is C22H24FN3O4S2. The van der Waals surface area contributed by atoms with E-state index in [4.69, 9.17) is 14.5 Å². The van der Waals surface area contributed by atoms with Crippen LogP contribution in [0, 0.1) is 5.82 Å². The van der Waals surface area contributed by atoms with Crippen LogP contribution < -0.4 is 14.4 Å². The van der Waals surface area contributed by atoms with Crippen molar-refractivity contribution in [3.63, 3.8) is 0 Å². The maximum atomic E-state index is 13.1. The van der Waals surface area contributed by atoms with Crippen molar-refractivity contribution in [3.8, 4) is 11.5 Å². The molecule has 1 aromatic heterocycles. The number of hydrogen-bond donors (Lipinski definition) is 0. The summed E-state index contributed by atoms with van der Waals surface area (Å²) in [7, 11) is -0.416. The number of aromatic nitrogens is 1. The largest absolute Gasteiger partial charge is 0.493 e. The number of methoxy groups -OCH3 is 2. The Hall–Kier alpha value is -2.69. The van der Waals surface area contributed by atoms with E-state index in [1.165, 1.54) is 28.6 Å². The Balaban J connectivity index is 1.39. The van der Waals surface area contributed by atoms with Crippen LogP contribution >= 0.6 is 11.3 Å². The van der Waals surface area contributed by atoms with Gasteiger partial charge in [0.25, 0.3) is 0 Å². The Labute approximate surface area is 191 Å². The molecule has 1 saturated heterocycles. The monoisotopic (exact) mass is 477 g/mol. The fourth-order valence-electron chi connectivity index (χ4n) is 3.60. The van der Waals surface area contributed by atoms with Gasteiger partial charge in [0.15, 0.2) is 16.6 Å². The lowest BCUT2D eigenvalue weighted by atomic mass is 10.1. The van der Waals surface area contributed by atoms with Crippen molar-refractivity contribution < 1.29 is 22.3 Å². The number of rotatable bonds is 7. The summed E-state index contributed by atoms with van der Waals surface area (Å²) in [6, 6.07) is 10.7.